The summed E-state index contributed by atoms with van der Waals surface area (Å²) in [6.07, 6.45) is 0. The van der Waals surface area contributed by atoms with E-state index in [9.17, 15) is 4.79 Å². The minimum atomic E-state index is 0.0134. The number of benzene rings is 1. The molecule has 0 aliphatic carbocycles. The standard InChI is InChI=1S/C9H8ClIO/c1-5-3-7(6(2)12)8(10)4-9(5)11/h3-4H,1-2H3. The predicted molar refractivity (Wildman–Crippen MR) is 58.9 cm³/mol. The van der Waals surface area contributed by atoms with Crippen molar-refractivity contribution < 1.29 is 4.79 Å². The molecule has 0 heterocycles. The third kappa shape index (κ3) is 1.98. The SMILES string of the molecule is CC(=O)c1cc(C)c(I)cc1Cl. The average Bonchev–Trinajstić information content (AvgIpc) is 1.96. The zero-order valence-corrected chi connectivity index (χ0v) is 9.73. The van der Waals surface area contributed by atoms with Crippen LogP contribution in [-0.4, -0.2) is 5.78 Å². The summed E-state index contributed by atoms with van der Waals surface area (Å²) < 4.78 is 1.09. The van der Waals surface area contributed by atoms with E-state index >= 15 is 0 Å². The molecule has 0 aromatic heterocycles. The van der Waals surface area contributed by atoms with Crippen LogP contribution in [0.25, 0.3) is 0 Å². The quantitative estimate of drug-likeness (QED) is 0.573. The Labute approximate surface area is 90.3 Å². The van der Waals surface area contributed by atoms with Crippen molar-refractivity contribution in [3.63, 3.8) is 0 Å². The Bertz CT molecular complexity index is 334. The van der Waals surface area contributed by atoms with Gasteiger partial charge >= 0.3 is 0 Å². The molecule has 0 saturated carbocycles. The molecule has 0 aliphatic heterocycles. The number of hydrogen-bond donors (Lipinski definition) is 0. The molecule has 0 fully saturated rings. The van der Waals surface area contributed by atoms with Crippen molar-refractivity contribution in [2.24, 2.45) is 0 Å². The van der Waals surface area contributed by atoms with Gasteiger partial charge in [-0.2, -0.15) is 0 Å². The van der Waals surface area contributed by atoms with Gasteiger partial charge in [0.25, 0.3) is 0 Å². The molecule has 1 nitrogen and oxygen atoms in total. The fourth-order valence-electron chi connectivity index (χ4n) is 0.927. The van der Waals surface area contributed by atoms with Gasteiger partial charge in [-0.05, 0) is 54.1 Å². The lowest BCUT2D eigenvalue weighted by Gasteiger charge is -2.03. The summed E-state index contributed by atoms with van der Waals surface area (Å²) in [4.78, 5) is 11.0. The summed E-state index contributed by atoms with van der Waals surface area (Å²) in [6, 6.07) is 3.64. The lowest BCUT2D eigenvalue weighted by molar-refractivity contribution is 0.101. The Hall–Kier alpha value is -0.0900. The highest BCUT2D eigenvalue weighted by atomic mass is 127. The largest absolute Gasteiger partial charge is 0.294 e. The van der Waals surface area contributed by atoms with Crippen LogP contribution in [0, 0.1) is 10.5 Å². The van der Waals surface area contributed by atoms with Gasteiger partial charge in [-0.15, -0.1) is 0 Å². The summed E-state index contributed by atoms with van der Waals surface area (Å²) in [6.45, 7) is 3.48. The Morgan fingerprint density at radius 1 is 1.50 bits per heavy atom. The molecule has 0 aliphatic rings. The van der Waals surface area contributed by atoms with Crippen molar-refractivity contribution in [2.45, 2.75) is 13.8 Å². The highest BCUT2D eigenvalue weighted by molar-refractivity contribution is 14.1. The molecule has 64 valence electrons. The van der Waals surface area contributed by atoms with Crippen LogP contribution in [0.1, 0.15) is 22.8 Å². The van der Waals surface area contributed by atoms with Crippen LogP contribution in [0.3, 0.4) is 0 Å². The van der Waals surface area contributed by atoms with Gasteiger partial charge in [0.2, 0.25) is 0 Å². The highest BCUT2D eigenvalue weighted by Gasteiger charge is 2.07. The monoisotopic (exact) mass is 294 g/mol. The molecule has 12 heavy (non-hydrogen) atoms. The van der Waals surface area contributed by atoms with Crippen LogP contribution >= 0.6 is 34.2 Å². The van der Waals surface area contributed by atoms with Gasteiger partial charge in [0.1, 0.15) is 0 Å². The van der Waals surface area contributed by atoms with Crippen molar-refractivity contribution >= 4 is 40.0 Å². The molecule has 3 heteroatoms. The molecule has 0 spiro atoms. The number of carbonyl (C=O) groups is 1. The van der Waals surface area contributed by atoms with Crippen LogP contribution in [-0.2, 0) is 0 Å². The van der Waals surface area contributed by atoms with E-state index in [1.165, 1.54) is 6.92 Å². The van der Waals surface area contributed by atoms with Gasteiger partial charge in [-0.1, -0.05) is 11.6 Å². The zero-order valence-electron chi connectivity index (χ0n) is 6.82. The van der Waals surface area contributed by atoms with Gasteiger partial charge < -0.3 is 0 Å². The van der Waals surface area contributed by atoms with E-state index in [1.54, 1.807) is 0 Å². The Balaban J connectivity index is 3.33. The second-order valence-electron chi connectivity index (χ2n) is 2.64. The van der Waals surface area contributed by atoms with Crippen molar-refractivity contribution in [1.29, 1.82) is 0 Å². The number of aryl methyl sites for hydroxylation is 1. The molecule has 0 amide bonds. The van der Waals surface area contributed by atoms with Crippen LogP contribution < -0.4 is 0 Å². The number of hydrogen-bond acceptors (Lipinski definition) is 1. The van der Waals surface area contributed by atoms with Gasteiger partial charge in [0.05, 0.1) is 5.02 Å². The third-order valence-corrected chi connectivity index (χ3v) is 3.10. The average molecular weight is 295 g/mol. The summed E-state index contributed by atoms with van der Waals surface area (Å²) in [5, 5.41) is 0.539. The van der Waals surface area contributed by atoms with E-state index in [0.29, 0.717) is 10.6 Å². The molecule has 1 aromatic carbocycles. The van der Waals surface area contributed by atoms with Gasteiger partial charge in [-0.3, -0.25) is 4.79 Å². The fourth-order valence-corrected chi connectivity index (χ4v) is 1.87. The maximum atomic E-state index is 11.0. The predicted octanol–water partition coefficient (Wildman–Crippen LogP) is 3.46. The number of rotatable bonds is 1. The lowest BCUT2D eigenvalue weighted by atomic mass is 10.1. The fraction of sp³-hybridized carbons (Fsp3) is 0.222. The van der Waals surface area contributed by atoms with E-state index in [4.69, 9.17) is 11.6 Å². The normalized spacial score (nSPS) is 10.0. The van der Waals surface area contributed by atoms with Crippen molar-refractivity contribution in [1.82, 2.24) is 0 Å². The first kappa shape index (κ1) is 9.99. The van der Waals surface area contributed by atoms with Crippen LogP contribution in [0.4, 0.5) is 0 Å². The summed E-state index contributed by atoms with van der Waals surface area (Å²) in [5.74, 6) is 0.0134. The van der Waals surface area contributed by atoms with Gasteiger partial charge in [-0.25, -0.2) is 0 Å². The summed E-state index contributed by atoms with van der Waals surface area (Å²) >= 11 is 8.07. The van der Waals surface area contributed by atoms with Crippen LogP contribution in [0.2, 0.25) is 5.02 Å². The molecule has 1 rings (SSSR count). The molecular weight excluding hydrogens is 286 g/mol. The Kier molecular flexibility index (Phi) is 3.12. The maximum absolute atomic E-state index is 11.0. The van der Waals surface area contributed by atoms with E-state index in [1.807, 2.05) is 19.1 Å². The zero-order chi connectivity index (χ0) is 9.30. The topological polar surface area (TPSA) is 17.1 Å². The van der Waals surface area contributed by atoms with Crippen LogP contribution in [0.15, 0.2) is 12.1 Å². The molecular formula is C9H8ClIO. The minimum absolute atomic E-state index is 0.0134. The first-order valence-electron chi connectivity index (χ1n) is 3.49. The first-order valence-corrected chi connectivity index (χ1v) is 4.94. The molecule has 0 atom stereocenters. The number of Topliss-reactive ketones (excluding diaryl/α,β-unsaturated/α-hetero) is 1. The van der Waals surface area contributed by atoms with Gasteiger partial charge in [0, 0.05) is 9.13 Å². The van der Waals surface area contributed by atoms with Crippen molar-refractivity contribution in [2.75, 3.05) is 0 Å². The maximum Gasteiger partial charge on any atom is 0.161 e. The third-order valence-electron chi connectivity index (χ3n) is 1.63. The second kappa shape index (κ2) is 3.75. The first-order chi connectivity index (χ1) is 5.52. The number of carbonyl (C=O) groups excluding carboxylic acids is 1. The van der Waals surface area contributed by atoms with Crippen molar-refractivity contribution in [3.05, 3.63) is 31.9 Å². The molecule has 1 aromatic rings. The van der Waals surface area contributed by atoms with Gasteiger partial charge in [0.15, 0.2) is 5.78 Å². The molecule has 0 saturated heterocycles. The number of halogens is 2. The van der Waals surface area contributed by atoms with E-state index in [2.05, 4.69) is 22.6 Å². The number of ketones is 1. The van der Waals surface area contributed by atoms with E-state index < -0.39 is 0 Å². The van der Waals surface area contributed by atoms with Crippen molar-refractivity contribution in [3.8, 4) is 0 Å². The Morgan fingerprint density at radius 3 is 2.58 bits per heavy atom. The lowest BCUT2D eigenvalue weighted by Crippen LogP contribution is -1.95. The molecule has 0 radical (unpaired) electrons. The van der Waals surface area contributed by atoms with Crippen LogP contribution in [0.5, 0.6) is 0 Å². The minimum Gasteiger partial charge on any atom is -0.294 e. The summed E-state index contributed by atoms with van der Waals surface area (Å²) in [5.41, 5.74) is 1.69. The molecule has 0 unspecified atom stereocenters. The molecule has 0 N–H and O–H groups in total. The Morgan fingerprint density at radius 2 is 2.08 bits per heavy atom. The summed E-state index contributed by atoms with van der Waals surface area (Å²) in [7, 11) is 0. The molecule has 0 bridgehead atoms. The smallest absolute Gasteiger partial charge is 0.161 e. The highest BCUT2D eigenvalue weighted by Crippen LogP contribution is 2.22. The van der Waals surface area contributed by atoms with E-state index in [-0.39, 0.29) is 5.78 Å². The second-order valence-corrected chi connectivity index (χ2v) is 4.21. The van der Waals surface area contributed by atoms with E-state index in [0.717, 1.165) is 9.13 Å².